The maximum Gasteiger partial charge on any atom is 0.119 e. The van der Waals surface area contributed by atoms with Crippen LogP contribution in [0.25, 0.3) is 0 Å². The molecule has 1 N–H and O–H groups in total. The Labute approximate surface area is 96.0 Å². The van der Waals surface area contributed by atoms with Crippen LogP contribution in [0.2, 0.25) is 0 Å². The van der Waals surface area contributed by atoms with Crippen molar-refractivity contribution in [2.45, 2.75) is 13.3 Å². The minimum absolute atomic E-state index is 0.0485. The Morgan fingerprint density at radius 1 is 1.31 bits per heavy atom. The molecule has 0 aliphatic carbocycles. The van der Waals surface area contributed by atoms with Gasteiger partial charge in [-0.3, -0.25) is 0 Å². The van der Waals surface area contributed by atoms with Crippen LogP contribution in [0.15, 0.2) is 24.3 Å². The Kier molecular flexibility index (Phi) is 3.46. The number of hydrogen-bond donors (Lipinski definition) is 1. The molecule has 0 unspecified atom stereocenters. The van der Waals surface area contributed by atoms with Gasteiger partial charge in [-0.1, -0.05) is 12.1 Å². The fourth-order valence-corrected chi connectivity index (χ4v) is 1.94. The van der Waals surface area contributed by atoms with Gasteiger partial charge < -0.3 is 14.6 Å². The topological polar surface area (TPSA) is 38.7 Å². The minimum atomic E-state index is -0.0485. The van der Waals surface area contributed by atoms with Crippen molar-refractivity contribution in [1.82, 2.24) is 0 Å². The molecule has 2 rings (SSSR count). The highest BCUT2D eigenvalue weighted by molar-refractivity contribution is 5.28. The van der Waals surface area contributed by atoms with Crippen LogP contribution in [0, 0.1) is 5.41 Å². The molecule has 0 aromatic heterocycles. The van der Waals surface area contributed by atoms with Crippen LogP contribution in [0.4, 0.5) is 0 Å². The quantitative estimate of drug-likeness (QED) is 0.823. The zero-order valence-corrected chi connectivity index (χ0v) is 9.61. The van der Waals surface area contributed by atoms with Crippen LogP contribution >= 0.6 is 0 Å². The fraction of sp³-hybridized carbons (Fsp3) is 0.538. The highest BCUT2D eigenvalue weighted by Crippen LogP contribution is 2.31. The van der Waals surface area contributed by atoms with Crippen LogP contribution < -0.4 is 4.74 Å². The largest absolute Gasteiger partial charge is 0.494 e. The van der Waals surface area contributed by atoms with Gasteiger partial charge in [-0.25, -0.2) is 0 Å². The van der Waals surface area contributed by atoms with E-state index in [1.54, 1.807) is 0 Å². The summed E-state index contributed by atoms with van der Waals surface area (Å²) < 4.78 is 10.6. The molecule has 1 heterocycles. The minimum Gasteiger partial charge on any atom is -0.494 e. The third-order valence-corrected chi connectivity index (χ3v) is 2.97. The van der Waals surface area contributed by atoms with Crippen LogP contribution in [0.3, 0.4) is 0 Å². The summed E-state index contributed by atoms with van der Waals surface area (Å²) in [6.07, 6.45) is 0.871. The van der Waals surface area contributed by atoms with Crippen molar-refractivity contribution in [3.8, 4) is 5.75 Å². The molecular weight excluding hydrogens is 204 g/mol. The third kappa shape index (κ3) is 2.36. The monoisotopic (exact) mass is 222 g/mol. The lowest BCUT2D eigenvalue weighted by Gasteiger charge is -2.40. The third-order valence-electron chi connectivity index (χ3n) is 2.97. The number of aliphatic hydroxyl groups excluding tert-OH is 1. The van der Waals surface area contributed by atoms with E-state index in [0.717, 1.165) is 12.2 Å². The predicted molar refractivity (Wildman–Crippen MR) is 61.7 cm³/mol. The van der Waals surface area contributed by atoms with Crippen molar-refractivity contribution < 1.29 is 14.6 Å². The number of ether oxygens (including phenoxy) is 2. The van der Waals surface area contributed by atoms with E-state index >= 15 is 0 Å². The van der Waals surface area contributed by atoms with Crippen molar-refractivity contribution >= 4 is 0 Å². The number of hydrogen-bond acceptors (Lipinski definition) is 3. The van der Waals surface area contributed by atoms with E-state index in [2.05, 4.69) is 12.1 Å². The normalized spacial score (nSPS) is 17.9. The molecule has 1 aromatic rings. The zero-order chi connectivity index (χ0) is 11.4. The first-order valence-electron chi connectivity index (χ1n) is 5.68. The Morgan fingerprint density at radius 2 is 2.00 bits per heavy atom. The highest BCUT2D eigenvalue weighted by atomic mass is 16.5. The maximum absolute atomic E-state index is 9.33. The maximum atomic E-state index is 9.33. The average Bonchev–Trinajstić information content (AvgIpc) is 2.26. The number of aliphatic hydroxyl groups is 1. The Balaban J connectivity index is 1.99. The summed E-state index contributed by atoms with van der Waals surface area (Å²) in [4.78, 5) is 0. The van der Waals surface area contributed by atoms with Gasteiger partial charge in [0.1, 0.15) is 5.75 Å². The van der Waals surface area contributed by atoms with Gasteiger partial charge in [0.15, 0.2) is 0 Å². The van der Waals surface area contributed by atoms with Gasteiger partial charge in [-0.15, -0.1) is 0 Å². The Hall–Kier alpha value is -1.06. The Bertz CT molecular complexity index is 322. The molecule has 1 aromatic carbocycles. The van der Waals surface area contributed by atoms with Crippen LogP contribution in [0.1, 0.15) is 12.5 Å². The molecule has 0 saturated carbocycles. The molecule has 1 fully saturated rings. The molecular formula is C13H18O3. The lowest BCUT2D eigenvalue weighted by Crippen LogP contribution is -2.47. The number of rotatable bonds is 5. The predicted octanol–water partition coefficient (Wildman–Crippen LogP) is 1.64. The van der Waals surface area contributed by atoms with Gasteiger partial charge in [0.25, 0.3) is 0 Å². The van der Waals surface area contributed by atoms with E-state index in [0.29, 0.717) is 19.8 Å². The van der Waals surface area contributed by atoms with Crippen LogP contribution in [0.5, 0.6) is 5.75 Å². The standard InChI is InChI=1S/C13H18O3/c1-2-16-12-5-3-11(4-6-12)7-13(8-14)9-15-10-13/h3-6,14H,2,7-10H2,1H3. The van der Waals surface area contributed by atoms with E-state index in [9.17, 15) is 5.11 Å². The van der Waals surface area contributed by atoms with E-state index in [1.165, 1.54) is 5.56 Å². The van der Waals surface area contributed by atoms with Gasteiger partial charge >= 0.3 is 0 Å². The van der Waals surface area contributed by atoms with Crippen LogP contribution in [-0.4, -0.2) is 31.5 Å². The fourth-order valence-electron chi connectivity index (χ4n) is 1.94. The second kappa shape index (κ2) is 4.85. The average molecular weight is 222 g/mol. The van der Waals surface area contributed by atoms with Gasteiger partial charge in [0, 0.05) is 5.41 Å². The number of benzene rings is 1. The van der Waals surface area contributed by atoms with Crippen molar-refractivity contribution in [2.75, 3.05) is 26.4 Å². The van der Waals surface area contributed by atoms with E-state index < -0.39 is 0 Å². The first-order valence-corrected chi connectivity index (χ1v) is 5.68. The summed E-state index contributed by atoms with van der Waals surface area (Å²) in [7, 11) is 0. The van der Waals surface area contributed by atoms with Crippen molar-refractivity contribution in [3.63, 3.8) is 0 Å². The van der Waals surface area contributed by atoms with Crippen LogP contribution in [-0.2, 0) is 11.2 Å². The molecule has 3 nitrogen and oxygen atoms in total. The molecule has 1 aliphatic heterocycles. The first kappa shape index (κ1) is 11.4. The summed E-state index contributed by atoms with van der Waals surface area (Å²) in [6.45, 7) is 4.18. The summed E-state index contributed by atoms with van der Waals surface area (Å²) in [5, 5.41) is 9.33. The second-order valence-corrected chi connectivity index (χ2v) is 4.40. The molecule has 0 atom stereocenters. The molecule has 0 radical (unpaired) electrons. The molecule has 88 valence electrons. The molecule has 16 heavy (non-hydrogen) atoms. The Morgan fingerprint density at radius 3 is 2.44 bits per heavy atom. The van der Waals surface area contributed by atoms with Gasteiger partial charge in [-0.2, -0.15) is 0 Å². The summed E-state index contributed by atoms with van der Waals surface area (Å²) >= 11 is 0. The SMILES string of the molecule is CCOc1ccc(CC2(CO)COC2)cc1. The van der Waals surface area contributed by atoms with E-state index in [-0.39, 0.29) is 12.0 Å². The van der Waals surface area contributed by atoms with E-state index in [1.807, 2.05) is 19.1 Å². The zero-order valence-electron chi connectivity index (χ0n) is 9.61. The van der Waals surface area contributed by atoms with Crippen molar-refractivity contribution in [1.29, 1.82) is 0 Å². The highest BCUT2D eigenvalue weighted by Gasteiger charge is 2.37. The van der Waals surface area contributed by atoms with E-state index in [4.69, 9.17) is 9.47 Å². The lowest BCUT2D eigenvalue weighted by atomic mass is 9.81. The second-order valence-electron chi connectivity index (χ2n) is 4.40. The molecule has 0 amide bonds. The molecule has 0 bridgehead atoms. The van der Waals surface area contributed by atoms with Crippen molar-refractivity contribution in [3.05, 3.63) is 29.8 Å². The van der Waals surface area contributed by atoms with Gasteiger partial charge in [0.05, 0.1) is 26.4 Å². The summed E-state index contributed by atoms with van der Waals surface area (Å²) in [6, 6.07) is 8.06. The lowest BCUT2D eigenvalue weighted by molar-refractivity contribution is -0.136. The van der Waals surface area contributed by atoms with Gasteiger partial charge in [-0.05, 0) is 31.0 Å². The molecule has 1 aliphatic rings. The molecule has 1 saturated heterocycles. The van der Waals surface area contributed by atoms with Gasteiger partial charge in [0.2, 0.25) is 0 Å². The smallest absolute Gasteiger partial charge is 0.119 e. The molecule has 3 heteroatoms. The summed E-state index contributed by atoms with van der Waals surface area (Å²) in [5.41, 5.74) is 1.17. The first-order chi connectivity index (χ1) is 7.78. The molecule has 0 spiro atoms. The van der Waals surface area contributed by atoms with Crippen molar-refractivity contribution in [2.24, 2.45) is 5.41 Å². The summed E-state index contributed by atoms with van der Waals surface area (Å²) in [5.74, 6) is 0.897.